The third kappa shape index (κ3) is 6.08. The van der Waals surface area contributed by atoms with Gasteiger partial charge in [-0.25, -0.2) is 0 Å². The lowest BCUT2D eigenvalue weighted by atomic mass is 10.3. The molecule has 1 fully saturated rings. The van der Waals surface area contributed by atoms with Crippen molar-refractivity contribution in [3.05, 3.63) is 30.3 Å². The Morgan fingerprint density at radius 2 is 2.09 bits per heavy atom. The molecule has 23 heavy (non-hydrogen) atoms. The molecule has 6 heteroatoms. The molecule has 1 atom stereocenters. The quantitative estimate of drug-likeness (QED) is 0.427. The van der Waals surface area contributed by atoms with E-state index < -0.39 is 0 Å². The number of hydrogen-bond donors (Lipinski definition) is 2. The number of ether oxygens (including phenoxy) is 2. The van der Waals surface area contributed by atoms with Gasteiger partial charge in [0.1, 0.15) is 0 Å². The fourth-order valence-corrected chi connectivity index (χ4v) is 2.63. The molecule has 1 saturated heterocycles. The van der Waals surface area contributed by atoms with Gasteiger partial charge in [0, 0.05) is 45.5 Å². The van der Waals surface area contributed by atoms with E-state index in [-0.39, 0.29) is 0 Å². The normalized spacial score (nSPS) is 18.3. The van der Waals surface area contributed by atoms with Crippen LogP contribution in [0.3, 0.4) is 0 Å². The standard InChI is InChI=1S/C17H28N4O2/c1-18-17(19-9-11-23-13-12-22-2)20-15-8-10-21(14-15)16-6-4-3-5-7-16/h3-7,15H,8-14H2,1-2H3,(H2,18,19,20). The summed E-state index contributed by atoms with van der Waals surface area (Å²) in [5.74, 6) is 0.834. The van der Waals surface area contributed by atoms with Gasteiger partial charge in [-0.2, -0.15) is 0 Å². The van der Waals surface area contributed by atoms with Crippen LogP contribution in [0.25, 0.3) is 0 Å². The van der Waals surface area contributed by atoms with E-state index in [2.05, 4.69) is 50.9 Å². The van der Waals surface area contributed by atoms with Gasteiger partial charge in [0.25, 0.3) is 0 Å². The van der Waals surface area contributed by atoms with E-state index in [0.717, 1.165) is 32.0 Å². The fourth-order valence-electron chi connectivity index (χ4n) is 2.63. The lowest BCUT2D eigenvalue weighted by Gasteiger charge is -2.20. The molecule has 1 aliphatic rings. The minimum absolute atomic E-state index is 0.413. The zero-order valence-corrected chi connectivity index (χ0v) is 14.1. The molecule has 128 valence electrons. The maximum absolute atomic E-state index is 5.44. The number of rotatable bonds is 8. The molecule has 0 aliphatic carbocycles. The Labute approximate surface area is 138 Å². The molecule has 0 bridgehead atoms. The lowest BCUT2D eigenvalue weighted by molar-refractivity contribution is 0.0733. The van der Waals surface area contributed by atoms with Gasteiger partial charge >= 0.3 is 0 Å². The molecule has 1 unspecified atom stereocenters. The Morgan fingerprint density at radius 1 is 1.26 bits per heavy atom. The van der Waals surface area contributed by atoms with Crippen molar-refractivity contribution < 1.29 is 9.47 Å². The fraction of sp³-hybridized carbons (Fsp3) is 0.588. The second kappa shape index (κ2) is 10.1. The highest BCUT2D eigenvalue weighted by molar-refractivity contribution is 5.80. The number of para-hydroxylation sites is 1. The Balaban J connectivity index is 1.67. The zero-order valence-electron chi connectivity index (χ0n) is 14.1. The van der Waals surface area contributed by atoms with Crippen LogP contribution < -0.4 is 15.5 Å². The van der Waals surface area contributed by atoms with Crippen molar-refractivity contribution in [2.45, 2.75) is 12.5 Å². The summed E-state index contributed by atoms with van der Waals surface area (Å²) in [6.07, 6.45) is 1.11. The molecule has 0 amide bonds. The first-order valence-corrected chi connectivity index (χ1v) is 8.17. The molecular weight excluding hydrogens is 292 g/mol. The Kier molecular flexibility index (Phi) is 7.69. The van der Waals surface area contributed by atoms with Gasteiger partial charge in [-0.3, -0.25) is 4.99 Å². The van der Waals surface area contributed by atoms with E-state index in [4.69, 9.17) is 9.47 Å². The van der Waals surface area contributed by atoms with Crippen LogP contribution in [-0.2, 0) is 9.47 Å². The molecule has 1 aromatic carbocycles. The van der Waals surface area contributed by atoms with Crippen molar-refractivity contribution >= 4 is 11.6 Å². The van der Waals surface area contributed by atoms with E-state index in [0.29, 0.717) is 25.9 Å². The van der Waals surface area contributed by atoms with Crippen LogP contribution in [0.4, 0.5) is 5.69 Å². The Bertz CT molecular complexity index is 467. The number of hydrogen-bond acceptors (Lipinski definition) is 4. The summed E-state index contributed by atoms with van der Waals surface area (Å²) in [7, 11) is 3.47. The van der Waals surface area contributed by atoms with E-state index in [9.17, 15) is 0 Å². The molecule has 1 aromatic rings. The van der Waals surface area contributed by atoms with Crippen molar-refractivity contribution in [2.24, 2.45) is 4.99 Å². The van der Waals surface area contributed by atoms with Gasteiger partial charge in [-0.1, -0.05) is 18.2 Å². The molecule has 6 nitrogen and oxygen atoms in total. The predicted octanol–water partition coefficient (Wildman–Crippen LogP) is 1.09. The monoisotopic (exact) mass is 320 g/mol. The van der Waals surface area contributed by atoms with Crippen LogP contribution in [0, 0.1) is 0 Å². The van der Waals surface area contributed by atoms with Gasteiger partial charge in [-0.15, -0.1) is 0 Å². The molecule has 2 rings (SSSR count). The minimum Gasteiger partial charge on any atom is -0.382 e. The topological polar surface area (TPSA) is 58.1 Å². The van der Waals surface area contributed by atoms with Crippen molar-refractivity contribution in [2.75, 3.05) is 58.5 Å². The van der Waals surface area contributed by atoms with E-state index in [1.807, 2.05) is 0 Å². The number of methoxy groups -OCH3 is 1. The van der Waals surface area contributed by atoms with Gasteiger partial charge in [0.05, 0.1) is 19.8 Å². The van der Waals surface area contributed by atoms with Crippen LogP contribution in [0.5, 0.6) is 0 Å². The summed E-state index contributed by atoms with van der Waals surface area (Å²) in [4.78, 5) is 6.68. The van der Waals surface area contributed by atoms with Crippen LogP contribution in [-0.4, -0.2) is 65.6 Å². The summed E-state index contributed by atoms with van der Waals surface area (Å²) in [5, 5.41) is 6.77. The van der Waals surface area contributed by atoms with Crippen molar-refractivity contribution in [3.63, 3.8) is 0 Å². The van der Waals surface area contributed by atoms with Crippen molar-refractivity contribution in [1.82, 2.24) is 10.6 Å². The van der Waals surface area contributed by atoms with Crippen LogP contribution in [0.2, 0.25) is 0 Å². The Morgan fingerprint density at radius 3 is 2.83 bits per heavy atom. The van der Waals surface area contributed by atoms with Gasteiger partial charge in [-0.05, 0) is 18.6 Å². The summed E-state index contributed by atoms with van der Waals surface area (Å²) < 4.78 is 10.4. The average Bonchev–Trinajstić information content (AvgIpc) is 3.06. The first-order chi connectivity index (χ1) is 11.3. The molecule has 1 aliphatic heterocycles. The van der Waals surface area contributed by atoms with E-state index in [1.54, 1.807) is 14.2 Å². The van der Waals surface area contributed by atoms with Crippen LogP contribution in [0.15, 0.2) is 35.3 Å². The number of nitrogens with zero attached hydrogens (tertiary/aromatic N) is 2. The summed E-state index contributed by atoms with van der Waals surface area (Å²) in [6.45, 7) is 4.69. The molecule has 1 heterocycles. The highest BCUT2D eigenvalue weighted by Crippen LogP contribution is 2.19. The third-order valence-corrected chi connectivity index (χ3v) is 3.84. The second-order valence-electron chi connectivity index (χ2n) is 5.52. The molecule has 2 N–H and O–H groups in total. The lowest BCUT2D eigenvalue weighted by Crippen LogP contribution is -2.45. The van der Waals surface area contributed by atoms with Crippen molar-refractivity contribution in [3.8, 4) is 0 Å². The van der Waals surface area contributed by atoms with Crippen molar-refractivity contribution in [1.29, 1.82) is 0 Å². The molecule has 0 spiro atoms. The number of anilines is 1. The molecule has 0 saturated carbocycles. The largest absolute Gasteiger partial charge is 0.382 e. The number of aliphatic imine (C=N–C) groups is 1. The third-order valence-electron chi connectivity index (χ3n) is 3.84. The second-order valence-corrected chi connectivity index (χ2v) is 5.52. The zero-order chi connectivity index (χ0) is 16.3. The first-order valence-electron chi connectivity index (χ1n) is 8.17. The SMILES string of the molecule is CN=C(NCCOCCOC)NC1CCN(c2ccccc2)C1. The first kappa shape index (κ1) is 17.6. The summed E-state index contributed by atoms with van der Waals surface area (Å²) >= 11 is 0. The molecule has 0 radical (unpaired) electrons. The van der Waals surface area contributed by atoms with Gasteiger partial charge in [0.2, 0.25) is 0 Å². The number of nitrogens with one attached hydrogen (secondary N) is 2. The van der Waals surface area contributed by atoms with Crippen LogP contribution >= 0.6 is 0 Å². The molecular formula is C17H28N4O2. The smallest absolute Gasteiger partial charge is 0.191 e. The maximum Gasteiger partial charge on any atom is 0.191 e. The molecule has 0 aromatic heterocycles. The van der Waals surface area contributed by atoms with E-state index in [1.165, 1.54) is 5.69 Å². The number of guanidine groups is 1. The predicted molar refractivity (Wildman–Crippen MR) is 94.3 cm³/mol. The van der Waals surface area contributed by atoms with Gasteiger partial charge < -0.3 is 25.0 Å². The van der Waals surface area contributed by atoms with Crippen LogP contribution in [0.1, 0.15) is 6.42 Å². The Hall–Kier alpha value is -1.79. The highest BCUT2D eigenvalue weighted by atomic mass is 16.5. The highest BCUT2D eigenvalue weighted by Gasteiger charge is 2.23. The summed E-state index contributed by atoms with van der Waals surface area (Å²) in [5.41, 5.74) is 1.28. The average molecular weight is 320 g/mol. The maximum atomic E-state index is 5.44. The minimum atomic E-state index is 0.413. The summed E-state index contributed by atoms with van der Waals surface area (Å²) in [6, 6.07) is 11.0. The van der Waals surface area contributed by atoms with E-state index >= 15 is 0 Å². The number of benzene rings is 1. The van der Waals surface area contributed by atoms with Gasteiger partial charge in [0.15, 0.2) is 5.96 Å².